The van der Waals surface area contributed by atoms with Crippen LogP contribution < -0.4 is 11.1 Å². The summed E-state index contributed by atoms with van der Waals surface area (Å²) < 4.78 is 5.41. The Morgan fingerprint density at radius 3 is 2.84 bits per heavy atom. The first-order valence-electron chi connectivity index (χ1n) is 6.93. The molecule has 1 amide bonds. The number of rotatable bonds is 9. The van der Waals surface area contributed by atoms with Gasteiger partial charge in [0.1, 0.15) is 0 Å². The summed E-state index contributed by atoms with van der Waals surface area (Å²) in [6, 6.07) is 7.60. The number of benzene rings is 1. The van der Waals surface area contributed by atoms with E-state index in [2.05, 4.69) is 12.2 Å². The predicted octanol–water partition coefficient (Wildman–Crippen LogP) is 2.68. The number of carbonyl (C=O) groups excluding carboxylic acids is 1. The van der Waals surface area contributed by atoms with Crippen molar-refractivity contribution in [1.82, 2.24) is 0 Å². The van der Waals surface area contributed by atoms with Crippen LogP contribution >= 0.6 is 0 Å². The molecule has 0 saturated heterocycles. The molecule has 19 heavy (non-hydrogen) atoms. The third-order valence-electron chi connectivity index (χ3n) is 2.78. The average molecular weight is 264 g/mol. The van der Waals surface area contributed by atoms with Gasteiger partial charge in [-0.1, -0.05) is 25.5 Å². The molecule has 0 spiro atoms. The van der Waals surface area contributed by atoms with Gasteiger partial charge in [-0.05, 0) is 30.5 Å². The second-order valence-corrected chi connectivity index (χ2v) is 4.52. The van der Waals surface area contributed by atoms with E-state index in [0.717, 1.165) is 37.1 Å². The van der Waals surface area contributed by atoms with Gasteiger partial charge in [-0.25, -0.2) is 0 Å². The van der Waals surface area contributed by atoms with Crippen molar-refractivity contribution < 1.29 is 9.53 Å². The van der Waals surface area contributed by atoms with E-state index >= 15 is 0 Å². The lowest BCUT2D eigenvalue weighted by Gasteiger charge is -2.07. The molecule has 0 aromatic heterocycles. The molecule has 0 aliphatic rings. The van der Waals surface area contributed by atoms with Gasteiger partial charge in [0.2, 0.25) is 5.91 Å². The summed E-state index contributed by atoms with van der Waals surface area (Å²) in [5, 5.41) is 2.87. The van der Waals surface area contributed by atoms with Crippen molar-refractivity contribution in [1.29, 1.82) is 0 Å². The summed E-state index contributed by atoms with van der Waals surface area (Å²) >= 11 is 0. The molecule has 1 rings (SSSR count). The van der Waals surface area contributed by atoms with Gasteiger partial charge in [0.25, 0.3) is 0 Å². The highest BCUT2D eigenvalue weighted by molar-refractivity contribution is 5.90. The zero-order valence-corrected chi connectivity index (χ0v) is 11.7. The Hall–Kier alpha value is -1.39. The monoisotopic (exact) mass is 264 g/mol. The lowest BCUT2D eigenvalue weighted by atomic mass is 10.2. The van der Waals surface area contributed by atoms with E-state index < -0.39 is 0 Å². The number of ether oxygens (including phenoxy) is 1. The molecule has 3 N–H and O–H groups in total. The minimum Gasteiger partial charge on any atom is -0.381 e. The fourth-order valence-corrected chi connectivity index (χ4v) is 1.68. The second kappa shape index (κ2) is 9.53. The maximum atomic E-state index is 11.7. The summed E-state index contributed by atoms with van der Waals surface area (Å²) in [6.07, 6.45) is 3.46. The van der Waals surface area contributed by atoms with Gasteiger partial charge in [-0.15, -0.1) is 0 Å². The highest BCUT2D eigenvalue weighted by Crippen LogP contribution is 2.10. The number of nitrogens with one attached hydrogen (secondary N) is 1. The Kier molecular flexibility index (Phi) is 7.86. The quantitative estimate of drug-likeness (QED) is 0.674. The molecule has 1 aromatic rings. The molecule has 0 fully saturated rings. The third-order valence-corrected chi connectivity index (χ3v) is 2.78. The van der Waals surface area contributed by atoms with Crippen LogP contribution in [0.15, 0.2) is 24.3 Å². The first kappa shape index (κ1) is 15.7. The van der Waals surface area contributed by atoms with Crippen LogP contribution in [0.5, 0.6) is 0 Å². The third kappa shape index (κ3) is 6.94. The number of unbranched alkanes of at least 4 members (excludes halogenated alkanes) is 1. The van der Waals surface area contributed by atoms with Crippen LogP contribution in [0.1, 0.15) is 38.2 Å². The van der Waals surface area contributed by atoms with Gasteiger partial charge in [0.05, 0.1) is 0 Å². The number of amides is 1. The molecule has 4 heteroatoms. The SMILES string of the molecule is CCCCOCCCC(=O)Nc1cccc(CN)c1. The number of nitrogens with two attached hydrogens (primary N) is 1. The lowest BCUT2D eigenvalue weighted by molar-refractivity contribution is -0.116. The van der Waals surface area contributed by atoms with Gasteiger partial charge >= 0.3 is 0 Å². The molecule has 0 atom stereocenters. The van der Waals surface area contributed by atoms with Crippen molar-refractivity contribution in [3.63, 3.8) is 0 Å². The molecule has 0 radical (unpaired) electrons. The van der Waals surface area contributed by atoms with E-state index in [1.807, 2.05) is 24.3 Å². The van der Waals surface area contributed by atoms with Crippen molar-refractivity contribution in [2.24, 2.45) is 5.73 Å². The Labute approximate surface area is 115 Å². The zero-order chi connectivity index (χ0) is 13.9. The Bertz CT molecular complexity index is 380. The molecule has 0 unspecified atom stereocenters. The molecule has 0 aliphatic heterocycles. The van der Waals surface area contributed by atoms with Crippen LogP contribution in [-0.2, 0) is 16.1 Å². The van der Waals surface area contributed by atoms with E-state index in [4.69, 9.17) is 10.5 Å². The zero-order valence-electron chi connectivity index (χ0n) is 11.7. The summed E-state index contributed by atoms with van der Waals surface area (Å²) in [5.41, 5.74) is 7.38. The molecule has 4 nitrogen and oxygen atoms in total. The highest BCUT2D eigenvalue weighted by atomic mass is 16.5. The maximum absolute atomic E-state index is 11.7. The second-order valence-electron chi connectivity index (χ2n) is 4.52. The van der Waals surface area contributed by atoms with E-state index in [1.165, 1.54) is 0 Å². The summed E-state index contributed by atoms with van der Waals surface area (Å²) in [6.45, 7) is 4.05. The van der Waals surface area contributed by atoms with Crippen LogP contribution in [-0.4, -0.2) is 19.1 Å². The number of hydrogen-bond acceptors (Lipinski definition) is 3. The molecular weight excluding hydrogens is 240 g/mol. The van der Waals surface area contributed by atoms with Crippen LogP contribution in [0.25, 0.3) is 0 Å². The van der Waals surface area contributed by atoms with Crippen molar-refractivity contribution in [3.8, 4) is 0 Å². The fraction of sp³-hybridized carbons (Fsp3) is 0.533. The van der Waals surface area contributed by atoms with Crippen molar-refractivity contribution >= 4 is 11.6 Å². The molecule has 0 saturated carbocycles. The van der Waals surface area contributed by atoms with Crippen LogP contribution in [0.4, 0.5) is 5.69 Å². The van der Waals surface area contributed by atoms with Crippen molar-refractivity contribution in [2.75, 3.05) is 18.5 Å². The minimum absolute atomic E-state index is 0.0215. The van der Waals surface area contributed by atoms with Crippen LogP contribution in [0, 0.1) is 0 Å². The molecule has 1 aromatic carbocycles. The Morgan fingerprint density at radius 1 is 1.32 bits per heavy atom. The van der Waals surface area contributed by atoms with Gasteiger partial charge in [0.15, 0.2) is 0 Å². The van der Waals surface area contributed by atoms with E-state index in [0.29, 0.717) is 19.6 Å². The van der Waals surface area contributed by atoms with Gasteiger partial charge in [-0.2, -0.15) is 0 Å². The standard InChI is InChI=1S/C15H24N2O2/c1-2-3-9-19-10-5-8-15(18)17-14-7-4-6-13(11-14)12-16/h4,6-7,11H,2-3,5,8-10,12,16H2,1H3,(H,17,18). The number of anilines is 1. The lowest BCUT2D eigenvalue weighted by Crippen LogP contribution is -2.12. The van der Waals surface area contributed by atoms with Crippen LogP contribution in [0.3, 0.4) is 0 Å². The van der Waals surface area contributed by atoms with Crippen LogP contribution in [0.2, 0.25) is 0 Å². The molecular formula is C15H24N2O2. The fourth-order valence-electron chi connectivity index (χ4n) is 1.68. The van der Waals surface area contributed by atoms with E-state index in [-0.39, 0.29) is 5.91 Å². The Balaban J connectivity index is 2.19. The van der Waals surface area contributed by atoms with Gasteiger partial charge in [0, 0.05) is 31.9 Å². The highest BCUT2D eigenvalue weighted by Gasteiger charge is 2.02. The molecule has 0 aliphatic carbocycles. The van der Waals surface area contributed by atoms with E-state index in [9.17, 15) is 4.79 Å². The van der Waals surface area contributed by atoms with Crippen molar-refractivity contribution in [3.05, 3.63) is 29.8 Å². The smallest absolute Gasteiger partial charge is 0.224 e. The Morgan fingerprint density at radius 2 is 2.11 bits per heavy atom. The summed E-state index contributed by atoms with van der Waals surface area (Å²) in [7, 11) is 0. The topological polar surface area (TPSA) is 64.3 Å². The number of carbonyl (C=O) groups is 1. The first-order valence-corrected chi connectivity index (χ1v) is 6.93. The average Bonchev–Trinajstić information content (AvgIpc) is 2.43. The normalized spacial score (nSPS) is 10.4. The molecule has 0 bridgehead atoms. The number of hydrogen-bond donors (Lipinski definition) is 2. The largest absolute Gasteiger partial charge is 0.381 e. The molecule has 0 heterocycles. The van der Waals surface area contributed by atoms with Crippen molar-refractivity contribution in [2.45, 2.75) is 39.2 Å². The van der Waals surface area contributed by atoms with Gasteiger partial charge < -0.3 is 15.8 Å². The summed E-state index contributed by atoms with van der Waals surface area (Å²) in [5.74, 6) is 0.0215. The predicted molar refractivity (Wildman–Crippen MR) is 77.9 cm³/mol. The molecule has 106 valence electrons. The summed E-state index contributed by atoms with van der Waals surface area (Å²) in [4.78, 5) is 11.7. The van der Waals surface area contributed by atoms with Gasteiger partial charge in [-0.3, -0.25) is 4.79 Å². The maximum Gasteiger partial charge on any atom is 0.224 e. The first-order chi connectivity index (χ1) is 9.26. The van der Waals surface area contributed by atoms with E-state index in [1.54, 1.807) is 0 Å². The minimum atomic E-state index is 0.0215.